The van der Waals surface area contributed by atoms with Gasteiger partial charge in [-0.15, -0.1) is 5.10 Å². The van der Waals surface area contributed by atoms with Crippen molar-refractivity contribution in [2.75, 3.05) is 0 Å². The molecular weight excluding hydrogens is 258 g/mol. The third-order valence-electron chi connectivity index (χ3n) is 3.97. The molecule has 2 atom stereocenters. The molecule has 1 aromatic heterocycles. The van der Waals surface area contributed by atoms with Gasteiger partial charge in [0.15, 0.2) is 0 Å². The Kier molecular flexibility index (Phi) is 3.75. The fraction of sp³-hybridized carbons (Fsp3) is 0.857. The number of rotatable bonds is 3. The van der Waals surface area contributed by atoms with Crippen LogP contribution >= 0.6 is 11.5 Å². The van der Waals surface area contributed by atoms with Crippen LogP contribution in [0.1, 0.15) is 70.5 Å². The molecule has 108 valence electrons. The van der Waals surface area contributed by atoms with E-state index in [1.165, 1.54) is 11.5 Å². The number of aromatic nitrogens is 2. The van der Waals surface area contributed by atoms with E-state index in [0.29, 0.717) is 11.8 Å². The van der Waals surface area contributed by atoms with E-state index in [1.807, 2.05) is 0 Å². The quantitative estimate of drug-likeness (QED) is 0.925. The first-order valence-electron chi connectivity index (χ1n) is 6.92. The third kappa shape index (κ3) is 2.83. The monoisotopic (exact) mass is 283 g/mol. The second kappa shape index (κ2) is 4.79. The average Bonchev–Trinajstić information content (AvgIpc) is 2.78. The third-order valence-corrected chi connectivity index (χ3v) is 4.81. The van der Waals surface area contributed by atoms with Gasteiger partial charge in [0.05, 0.1) is 21.8 Å². The summed E-state index contributed by atoms with van der Waals surface area (Å²) >= 11 is 1.43. The number of nitrogens with two attached hydrogens (primary N) is 1. The molecule has 19 heavy (non-hydrogen) atoms. The Labute approximate surface area is 119 Å². The molecule has 0 bridgehead atoms. The Morgan fingerprint density at radius 2 is 1.95 bits per heavy atom. The lowest BCUT2D eigenvalue weighted by Gasteiger charge is -2.30. The molecule has 1 fully saturated rings. The van der Waals surface area contributed by atoms with E-state index in [-0.39, 0.29) is 17.2 Å². The molecule has 2 rings (SSSR count). The minimum Gasteiger partial charge on any atom is -0.369 e. The molecular formula is C14H25N3OS. The number of nitrogens with zero attached hydrogens (tertiary/aromatic N) is 2. The molecule has 1 aliphatic heterocycles. The summed E-state index contributed by atoms with van der Waals surface area (Å²) in [6.45, 7) is 12.8. The molecule has 5 heteroatoms. The Morgan fingerprint density at radius 3 is 2.42 bits per heavy atom. The van der Waals surface area contributed by atoms with Crippen molar-refractivity contribution in [2.24, 2.45) is 11.7 Å². The summed E-state index contributed by atoms with van der Waals surface area (Å²) in [6.07, 6.45) is 0.969. The summed E-state index contributed by atoms with van der Waals surface area (Å²) in [7, 11) is 0. The van der Waals surface area contributed by atoms with Crippen molar-refractivity contribution in [2.45, 2.75) is 71.1 Å². The van der Waals surface area contributed by atoms with E-state index in [2.05, 4.69) is 51.1 Å². The van der Waals surface area contributed by atoms with E-state index in [9.17, 15) is 0 Å². The van der Waals surface area contributed by atoms with Crippen LogP contribution in [0.15, 0.2) is 0 Å². The first-order valence-corrected chi connectivity index (χ1v) is 7.69. The highest BCUT2D eigenvalue weighted by Crippen LogP contribution is 2.48. The van der Waals surface area contributed by atoms with Crippen LogP contribution in [0.2, 0.25) is 0 Å². The standard InChI is InChI=1S/C14H25N3OS/c1-8(2)11-12(19-17-16-11)10(15)9-7-13(3,4)18-14(9,5)6/h8-10H,7,15H2,1-6H3. The molecule has 0 radical (unpaired) electrons. The Morgan fingerprint density at radius 1 is 1.32 bits per heavy atom. The van der Waals surface area contributed by atoms with Crippen molar-refractivity contribution < 1.29 is 4.74 Å². The number of ether oxygens (including phenoxy) is 1. The SMILES string of the molecule is CC(C)c1nnsc1C(N)C1CC(C)(C)OC1(C)C. The molecule has 0 aliphatic carbocycles. The molecule has 2 heterocycles. The zero-order chi connectivity index (χ0) is 14.4. The van der Waals surface area contributed by atoms with Crippen molar-refractivity contribution in [1.82, 2.24) is 9.59 Å². The molecule has 1 aromatic rings. The predicted molar refractivity (Wildman–Crippen MR) is 78.3 cm³/mol. The maximum Gasteiger partial charge on any atom is 0.0829 e. The molecule has 2 N–H and O–H groups in total. The van der Waals surface area contributed by atoms with E-state index < -0.39 is 0 Å². The van der Waals surface area contributed by atoms with Gasteiger partial charge in [0, 0.05) is 12.0 Å². The number of hydrogen-bond donors (Lipinski definition) is 1. The van der Waals surface area contributed by atoms with Gasteiger partial charge in [-0.2, -0.15) is 0 Å². The molecule has 0 aromatic carbocycles. The summed E-state index contributed by atoms with van der Waals surface area (Å²) in [5, 5.41) is 4.24. The molecule has 1 saturated heterocycles. The van der Waals surface area contributed by atoms with Gasteiger partial charge in [-0.1, -0.05) is 18.3 Å². The van der Waals surface area contributed by atoms with Gasteiger partial charge in [0.25, 0.3) is 0 Å². The van der Waals surface area contributed by atoms with Crippen LogP contribution in [-0.2, 0) is 4.74 Å². The van der Waals surface area contributed by atoms with Gasteiger partial charge >= 0.3 is 0 Å². The van der Waals surface area contributed by atoms with Gasteiger partial charge in [0.1, 0.15) is 0 Å². The van der Waals surface area contributed by atoms with Crippen molar-refractivity contribution in [3.05, 3.63) is 10.6 Å². The second-order valence-corrected chi connectivity index (χ2v) is 7.76. The normalized spacial score (nSPS) is 26.8. The van der Waals surface area contributed by atoms with Crippen LogP contribution in [0.25, 0.3) is 0 Å². The summed E-state index contributed by atoms with van der Waals surface area (Å²) in [4.78, 5) is 1.12. The van der Waals surface area contributed by atoms with Gasteiger partial charge in [-0.3, -0.25) is 0 Å². The predicted octanol–water partition coefficient (Wildman–Crippen LogP) is 3.26. The van der Waals surface area contributed by atoms with Crippen LogP contribution in [0, 0.1) is 5.92 Å². The molecule has 0 amide bonds. The molecule has 1 aliphatic rings. The van der Waals surface area contributed by atoms with E-state index in [1.54, 1.807) is 0 Å². The lowest BCUT2D eigenvalue weighted by atomic mass is 9.80. The van der Waals surface area contributed by atoms with Crippen molar-refractivity contribution in [1.29, 1.82) is 0 Å². The van der Waals surface area contributed by atoms with Gasteiger partial charge in [0.2, 0.25) is 0 Å². The van der Waals surface area contributed by atoms with Crippen molar-refractivity contribution in [3.8, 4) is 0 Å². The minimum absolute atomic E-state index is 0.0471. The first kappa shape index (κ1) is 14.9. The lowest BCUT2D eigenvalue weighted by molar-refractivity contribution is -0.0766. The maximum atomic E-state index is 6.53. The summed E-state index contributed by atoms with van der Waals surface area (Å²) in [6, 6.07) is -0.0471. The fourth-order valence-corrected chi connectivity index (χ4v) is 4.06. The van der Waals surface area contributed by atoms with Crippen LogP contribution in [0.3, 0.4) is 0 Å². The highest BCUT2D eigenvalue weighted by Gasteiger charge is 2.49. The smallest absolute Gasteiger partial charge is 0.0829 e. The molecule has 0 spiro atoms. The Hall–Kier alpha value is -0.520. The largest absolute Gasteiger partial charge is 0.369 e. The summed E-state index contributed by atoms with van der Waals surface area (Å²) in [5.74, 6) is 0.653. The molecule has 2 unspecified atom stereocenters. The van der Waals surface area contributed by atoms with Crippen molar-refractivity contribution >= 4 is 11.5 Å². The zero-order valence-corrected chi connectivity index (χ0v) is 13.5. The first-order chi connectivity index (χ1) is 8.64. The fourth-order valence-electron chi connectivity index (χ4n) is 3.18. The Bertz CT molecular complexity index is 453. The van der Waals surface area contributed by atoms with Crippen molar-refractivity contribution in [3.63, 3.8) is 0 Å². The van der Waals surface area contributed by atoms with Gasteiger partial charge < -0.3 is 10.5 Å². The van der Waals surface area contributed by atoms with E-state index >= 15 is 0 Å². The zero-order valence-electron chi connectivity index (χ0n) is 12.7. The van der Waals surface area contributed by atoms with Gasteiger partial charge in [-0.05, 0) is 51.6 Å². The summed E-state index contributed by atoms with van der Waals surface area (Å²) < 4.78 is 10.2. The van der Waals surface area contributed by atoms with Crippen LogP contribution < -0.4 is 5.73 Å². The second-order valence-electron chi connectivity index (χ2n) is 6.98. The molecule has 4 nitrogen and oxygen atoms in total. The van der Waals surface area contributed by atoms with Crippen LogP contribution in [0.4, 0.5) is 0 Å². The Balaban J connectivity index is 2.29. The van der Waals surface area contributed by atoms with Crippen LogP contribution in [0.5, 0.6) is 0 Å². The van der Waals surface area contributed by atoms with E-state index in [0.717, 1.165) is 17.0 Å². The van der Waals surface area contributed by atoms with Gasteiger partial charge in [-0.25, -0.2) is 0 Å². The molecule has 0 saturated carbocycles. The topological polar surface area (TPSA) is 61.0 Å². The summed E-state index contributed by atoms with van der Waals surface area (Å²) in [5.41, 5.74) is 7.25. The van der Waals surface area contributed by atoms with E-state index in [4.69, 9.17) is 10.5 Å². The van der Waals surface area contributed by atoms with Crippen LogP contribution in [-0.4, -0.2) is 20.8 Å². The minimum atomic E-state index is -0.207. The highest BCUT2D eigenvalue weighted by molar-refractivity contribution is 7.05. The maximum absolute atomic E-state index is 6.53. The average molecular weight is 283 g/mol. The number of hydrogen-bond acceptors (Lipinski definition) is 5. The lowest BCUT2D eigenvalue weighted by Crippen LogP contribution is -2.36. The highest BCUT2D eigenvalue weighted by atomic mass is 32.1.